The van der Waals surface area contributed by atoms with E-state index >= 15 is 0 Å². The maximum Gasteiger partial charge on any atom is 0.264 e. The van der Waals surface area contributed by atoms with Gasteiger partial charge >= 0.3 is 0 Å². The molecule has 0 aromatic rings. The molecular weight excluding hydrogens is 226 g/mol. The van der Waals surface area contributed by atoms with Gasteiger partial charge in [-0.15, -0.1) is 0 Å². The molecule has 0 saturated heterocycles. The van der Waals surface area contributed by atoms with Crippen molar-refractivity contribution in [3.63, 3.8) is 0 Å². The van der Waals surface area contributed by atoms with Crippen molar-refractivity contribution in [3.8, 4) is 0 Å². The second-order valence-electron chi connectivity index (χ2n) is 5.11. The first kappa shape index (κ1) is 13.9. The monoisotopic (exact) mass is 249 g/mol. The van der Waals surface area contributed by atoms with Crippen molar-refractivity contribution < 1.29 is 13.0 Å². The van der Waals surface area contributed by atoms with E-state index in [4.69, 9.17) is 10.3 Å². The van der Waals surface area contributed by atoms with Crippen LogP contribution in [0.25, 0.3) is 0 Å². The van der Waals surface area contributed by atoms with Gasteiger partial charge in [0.2, 0.25) is 0 Å². The molecule has 0 amide bonds. The second-order valence-corrected chi connectivity index (χ2v) is 6.68. The van der Waals surface area contributed by atoms with Gasteiger partial charge in [0.25, 0.3) is 10.1 Å². The summed E-state index contributed by atoms with van der Waals surface area (Å²) in [4.78, 5) is 0. The summed E-state index contributed by atoms with van der Waals surface area (Å²) >= 11 is 0. The van der Waals surface area contributed by atoms with Crippen LogP contribution < -0.4 is 5.73 Å². The molecule has 0 heterocycles. The smallest absolute Gasteiger partial charge is 0.264 e. The van der Waals surface area contributed by atoms with E-state index < -0.39 is 10.1 Å². The molecule has 0 radical (unpaired) electrons. The Morgan fingerprint density at radius 1 is 1.31 bits per heavy atom. The quantitative estimate of drug-likeness (QED) is 0.728. The molecule has 1 atom stereocenters. The van der Waals surface area contributed by atoms with Crippen molar-refractivity contribution >= 4 is 10.1 Å². The Morgan fingerprint density at radius 2 is 1.88 bits per heavy atom. The molecule has 0 aromatic heterocycles. The van der Waals surface area contributed by atoms with E-state index in [1.165, 1.54) is 12.8 Å². The van der Waals surface area contributed by atoms with E-state index in [2.05, 4.69) is 6.92 Å². The van der Waals surface area contributed by atoms with Crippen LogP contribution in [-0.2, 0) is 10.1 Å². The molecule has 3 N–H and O–H groups in total. The summed E-state index contributed by atoms with van der Waals surface area (Å²) in [7, 11) is -3.81. The lowest BCUT2D eigenvalue weighted by Gasteiger charge is -2.30. The average Bonchev–Trinajstić information content (AvgIpc) is 2.16. The van der Waals surface area contributed by atoms with Crippen molar-refractivity contribution in [3.05, 3.63) is 0 Å². The summed E-state index contributed by atoms with van der Waals surface area (Å²) in [5.74, 6) is 1.18. The highest BCUT2D eigenvalue weighted by atomic mass is 32.2. The van der Waals surface area contributed by atoms with Crippen LogP contribution in [0, 0.1) is 11.8 Å². The highest BCUT2D eigenvalue weighted by molar-refractivity contribution is 7.85. The van der Waals surface area contributed by atoms with Crippen molar-refractivity contribution in [2.75, 3.05) is 5.75 Å². The van der Waals surface area contributed by atoms with Gasteiger partial charge in [0, 0.05) is 6.04 Å². The number of hydrogen-bond donors (Lipinski definition) is 2. The highest BCUT2D eigenvalue weighted by Crippen LogP contribution is 2.30. The van der Waals surface area contributed by atoms with Gasteiger partial charge in [-0.2, -0.15) is 8.42 Å². The molecule has 1 saturated carbocycles. The molecule has 1 rings (SSSR count). The Morgan fingerprint density at radius 3 is 2.38 bits per heavy atom. The van der Waals surface area contributed by atoms with Crippen LogP contribution in [0.2, 0.25) is 0 Å². The maximum atomic E-state index is 10.5. The van der Waals surface area contributed by atoms with E-state index in [9.17, 15) is 8.42 Å². The van der Waals surface area contributed by atoms with Crippen molar-refractivity contribution in [1.29, 1.82) is 0 Å². The standard InChI is InChI=1S/C11H23NO3S/c1-9-4-6-10(7-5-9)11(12)3-2-8-16(13,14)15/h9-11H,2-8,12H2,1H3,(H,13,14,15). The second kappa shape index (κ2) is 5.98. The van der Waals surface area contributed by atoms with Crippen molar-refractivity contribution in [1.82, 2.24) is 0 Å². The average molecular weight is 249 g/mol. The normalized spacial score (nSPS) is 28.9. The molecule has 4 nitrogen and oxygen atoms in total. The first-order valence-corrected chi connectivity index (χ1v) is 7.70. The lowest BCUT2D eigenvalue weighted by Crippen LogP contribution is -2.33. The van der Waals surface area contributed by atoms with Gasteiger partial charge in [0.05, 0.1) is 5.75 Å². The third kappa shape index (κ3) is 5.27. The summed E-state index contributed by atoms with van der Waals surface area (Å²) < 4.78 is 29.7. The molecule has 1 unspecified atom stereocenters. The topological polar surface area (TPSA) is 80.4 Å². The van der Waals surface area contributed by atoms with Crippen molar-refractivity contribution in [2.45, 2.75) is 51.5 Å². The SMILES string of the molecule is CC1CCC(C(N)CCCS(=O)(=O)O)CC1. The highest BCUT2D eigenvalue weighted by Gasteiger charge is 2.23. The Balaban J connectivity index is 2.22. The molecular formula is C11H23NO3S. The predicted octanol–water partition coefficient (Wildman–Crippen LogP) is 1.81. The fraction of sp³-hybridized carbons (Fsp3) is 1.00. The third-order valence-corrected chi connectivity index (χ3v) is 4.41. The molecule has 0 spiro atoms. The zero-order valence-corrected chi connectivity index (χ0v) is 10.7. The first-order valence-electron chi connectivity index (χ1n) is 6.09. The minimum absolute atomic E-state index is 0.0919. The van der Waals surface area contributed by atoms with Crippen LogP contribution in [-0.4, -0.2) is 24.8 Å². The van der Waals surface area contributed by atoms with Crippen LogP contribution in [0.3, 0.4) is 0 Å². The van der Waals surface area contributed by atoms with E-state index in [1.54, 1.807) is 0 Å². The minimum Gasteiger partial charge on any atom is -0.327 e. The summed E-state index contributed by atoms with van der Waals surface area (Å²) in [6.07, 6.45) is 5.95. The zero-order chi connectivity index (χ0) is 12.2. The van der Waals surface area contributed by atoms with Gasteiger partial charge in [-0.25, -0.2) is 0 Å². The summed E-state index contributed by atoms with van der Waals surface area (Å²) in [6.45, 7) is 2.26. The van der Waals surface area contributed by atoms with E-state index in [0.717, 1.165) is 18.8 Å². The molecule has 0 bridgehead atoms. The molecule has 1 aliphatic carbocycles. The molecule has 5 heteroatoms. The lowest BCUT2D eigenvalue weighted by molar-refractivity contribution is 0.247. The fourth-order valence-electron chi connectivity index (χ4n) is 2.45. The van der Waals surface area contributed by atoms with Crippen LogP contribution in [0.1, 0.15) is 45.4 Å². The largest absolute Gasteiger partial charge is 0.327 e. The molecule has 0 aromatic carbocycles. The number of rotatable bonds is 5. The maximum absolute atomic E-state index is 10.5. The molecule has 16 heavy (non-hydrogen) atoms. The van der Waals surface area contributed by atoms with Gasteiger partial charge < -0.3 is 5.73 Å². The van der Waals surface area contributed by atoms with Gasteiger partial charge in [-0.1, -0.05) is 19.8 Å². The third-order valence-electron chi connectivity index (χ3n) is 3.61. The fourth-order valence-corrected chi connectivity index (χ4v) is 2.98. The van der Waals surface area contributed by atoms with E-state index in [1.807, 2.05) is 0 Å². The van der Waals surface area contributed by atoms with Crippen LogP contribution in [0.5, 0.6) is 0 Å². The van der Waals surface area contributed by atoms with Crippen LogP contribution in [0.4, 0.5) is 0 Å². The van der Waals surface area contributed by atoms with Crippen LogP contribution in [0.15, 0.2) is 0 Å². The Labute approximate surface area is 98.4 Å². The Kier molecular flexibility index (Phi) is 5.21. The van der Waals surface area contributed by atoms with Gasteiger partial charge in [0.15, 0.2) is 0 Å². The molecule has 1 fully saturated rings. The van der Waals surface area contributed by atoms with Gasteiger partial charge in [-0.3, -0.25) is 4.55 Å². The van der Waals surface area contributed by atoms with Gasteiger partial charge in [0.1, 0.15) is 0 Å². The summed E-state index contributed by atoms with van der Waals surface area (Å²) in [6, 6.07) is 0.0919. The Bertz CT molecular complexity index is 294. The van der Waals surface area contributed by atoms with E-state index in [-0.39, 0.29) is 11.8 Å². The molecule has 0 aliphatic heterocycles. The number of hydrogen-bond acceptors (Lipinski definition) is 3. The van der Waals surface area contributed by atoms with Crippen molar-refractivity contribution in [2.24, 2.45) is 17.6 Å². The van der Waals surface area contributed by atoms with Gasteiger partial charge in [-0.05, 0) is 37.5 Å². The summed E-state index contributed by atoms with van der Waals surface area (Å²) in [5.41, 5.74) is 6.05. The minimum atomic E-state index is -3.81. The molecule has 1 aliphatic rings. The number of nitrogens with two attached hydrogens (primary N) is 1. The lowest BCUT2D eigenvalue weighted by atomic mass is 9.78. The Hall–Kier alpha value is -0.130. The molecule has 96 valence electrons. The first-order chi connectivity index (χ1) is 7.38. The van der Waals surface area contributed by atoms with Crippen LogP contribution >= 0.6 is 0 Å². The predicted molar refractivity (Wildman–Crippen MR) is 64.7 cm³/mol. The summed E-state index contributed by atoms with van der Waals surface area (Å²) in [5, 5.41) is 0. The van der Waals surface area contributed by atoms with E-state index in [0.29, 0.717) is 18.8 Å². The zero-order valence-electron chi connectivity index (χ0n) is 9.93.